The van der Waals surface area contributed by atoms with Gasteiger partial charge in [-0.15, -0.1) is 0 Å². The van der Waals surface area contributed by atoms with E-state index in [0.717, 1.165) is 5.69 Å². The highest BCUT2D eigenvalue weighted by Gasteiger charge is 2.29. The van der Waals surface area contributed by atoms with Crippen LogP contribution in [-0.2, 0) is 14.6 Å². The number of rotatable bonds is 5. The van der Waals surface area contributed by atoms with Gasteiger partial charge >= 0.3 is 6.03 Å². The zero-order valence-corrected chi connectivity index (χ0v) is 15.6. The first kappa shape index (κ1) is 19.2. The number of sulfone groups is 1. The molecule has 1 aliphatic heterocycles. The Morgan fingerprint density at radius 3 is 2.64 bits per heavy atom. The SMILES string of the molecule is CC(C)c1cccc(N(C)CC(=O)NC(=O)N[C@@H]2CCS(=O)(=O)C2)c1. The highest BCUT2D eigenvalue weighted by atomic mass is 32.2. The maximum absolute atomic E-state index is 12.0. The van der Waals surface area contributed by atoms with E-state index in [-0.39, 0.29) is 18.1 Å². The molecule has 1 saturated heterocycles. The Morgan fingerprint density at radius 1 is 1.32 bits per heavy atom. The summed E-state index contributed by atoms with van der Waals surface area (Å²) in [5.74, 6) is -0.0661. The molecule has 1 atom stereocenters. The van der Waals surface area contributed by atoms with E-state index in [1.54, 1.807) is 11.9 Å². The summed E-state index contributed by atoms with van der Waals surface area (Å²) >= 11 is 0. The Kier molecular flexibility index (Phi) is 6.05. The van der Waals surface area contributed by atoms with Crippen LogP contribution in [0.5, 0.6) is 0 Å². The Balaban J connectivity index is 1.85. The molecule has 0 bridgehead atoms. The van der Waals surface area contributed by atoms with E-state index in [0.29, 0.717) is 12.3 Å². The van der Waals surface area contributed by atoms with Gasteiger partial charge in [-0.05, 0) is 30.0 Å². The molecule has 0 saturated carbocycles. The zero-order chi connectivity index (χ0) is 18.6. The van der Waals surface area contributed by atoms with Crippen molar-refractivity contribution in [2.45, 2.75) is 32.2 Å². The molecule has 2 rings (SSSR count). The minimum Gasteiger partial charge on any atom is -0.365 e. The Morgan fingerprint density at radius 2 is 2.04 bits per heavy atom. The molecule has 1 aromatic carbocycles. The summed E-state index contributed by atoms with van der Waals surface area (Å²) in [5, 5.41) is 4.78. The molecular formula is C17H25N3O4S. The lowest BCUT2D eigenvalue weighted by Gasteiger charge is -2.20. The zero-order valence-electron chi connectivity index (χ0n) is 14.8. The number of carbonyl (C=O) groups is 2. The number of carbonyl (C=O) groups excluding carboxylic acids is 2. The van der Waals surface area contributed by atoms with Crippen molar-refractivity contribution >= 4 is 27.5 Å². The van der Waals surface area contributed by atoms with Crippen molar-refractivity contribution in [3.05, 3.63) is 29.8 Å². The number of imide groups is 1. The van der Waals surface area contributed by atoms with Gasteiger partial charge in [-0.3, -0.25) is 10.1 Å². The smallest absolute Gasteiger partial charge is 0.321 e. The standard InChI is InChI=1S/C17H25N3O4S/c1-12(2)13-5-4-6-15(9-13)20(3)10-16(21)19-17(22)18-14-7-8-25(23,24)11-14/h4-6,9,12,14H,7-8,10-11H2,1-3H3,(H2,18,19,21,22)/t14-/m1/s1. The second-order valence-corrected chi connectivity index (χ2v) is 8.96. The summed E-state index contributed by atoms with van der Waals surface area (Å²) in [6, 6.07) is 6.80. The van der Waals surface area contributed by atoms with Gasteiger partial charge in [0, 0.05) is 18.8 Å². The molecule has 1 fully saturated rings. The van der Waals surface area contributed by atoms with Crippen LogP contribution in [0, 0.1) is 0 Å². The third-order valence-electron chi connectivity index (χ3n) is 4.18. The van der Waals surface area contributed by atoms with E-state index in [9.17, 15) is 18.0 Å². The van der Waals surface area contributed by atoms with E-state index >= 15 is 0 Å². The number of likely N-dealkylation sites (N-methyl/N-ethyl adjacent to an activating group) is 1. The van der Waals surface area contributed by atoms with Gasteiger partial charge in [0.15, 0.2) is 9.84 Å². The average Bonchev–Trinajstić information content (AvgIpc) is 2.85. The van der Waals surface area contributed by atoms with Gasteiger partial charge in [0.25, 0.3) is 0 Å². The maximum atomic E-state index is 12.0. The summed E-state index contributed by atoms with van der Waals surface area (Å²) in [7, 11) is -1.29. The Labute approximate surface area is 148 Å². The highest BCUT2D eigenvalue weighted by molar-refractivity contribution is 7.91. The van der Waals surface area contributed by atoms with Gasteiger partial charge < -0.3 is 10.2 Å². The number of hydrogen-bond donors (Lipinski definition) is 2. The van der Waals surface area contributed by atoms with Gasteiger partial charge in [0.05, 0.1) is 18.1 Å². The van der Waals surface area contributed by atoms with E-state index in [1.165, 1.54) is 5.56 Å². The number of amides is 3. The Hall–Kier alpha value is -2.09. The highest BCUT2D eigenvalue weighted by Crippen LogP contribution is 2.20. The maximum Gasteiger partial charge on any atom is 0.321 e. The van der Waals surface area contributed by atoms with Crippen molar-refractivity contribution in [3.8, 4) is 0 Å². The lowest BCUT2D eigenvalue weighted by atomic mass is 10.0. The van der Waals surface area contributed by atoms with Crippen LogP contribution in [0.25, 0.3) is 0 Å². The minimum absolute atomic E-state index is 0.0257. The number of nitrogens with zero attached hydrogens (tertiary/aromatic N) is 1. The van der Waals surface area contributed by atoms with E-state index in [1.807, 2.05) is 24.3 Å². The topological polar surface area (TPSA) is 95.6 Å². The molecule has 0 radical (unpaired) electrons. The molecule has 0 aliphatic carbocycles. The molecule has 1 aromatic rings. The number of nitrogens with one attached hydrogen (secondary N) is 2. The van der Waals surface area contributed by atoms with Gasteiger partial charge in [-0.1, -0.05) is 26.0 Å². The summed E-state index contributed by atoms with van der Waals surface area (Å²) in [6.45, 7) is 4.22. The molecule has 1 heterocycles. The van der Waals surface area contributed by atoms with Crippen LogP contribution >= 0.6 is 0 Å². The van der Waals surface area contributed by atoms with Crippen molar-refractivity contribution in [2.24, 2.45) is 0 Å². The van der Waals surface area contributed by atoms with Crippen molar-refractivity contribution in [2.75, 3.05) is 30.0 Å². The first-order chi connectivity index (χ1) is 11.7. The largest absolute Gasteiger partial charge is 0.365 e. The Bertz CT molecular complexity index is 746. The summed E-state index contributed by atoms with van der Waals surface area (Å²) in [5.41, 5.74) is 2.06. The second kappa shape index (κ2) is 7.86. The first-order valence-corrected chi connectivity index (χ1v) is 10.1. The molecule has 0 spiro atoms. The number of urea groups is 1. The molecule has 1 aliphatic rings. The summed E-state index contributed by atoms with van der Waals surface area (Å²) < 4.78 is 22.8. The lowest BCUT2D eigenvalue weighted by molar-refractivity contribution is -0.118. The van der Waals surface area contributed by atoms with Gasteiger partial charge in [-0.2, -0.15) is 0 Å². The predicted molar refractivity (Wildman–Crippen MR) is 97.5 cm³/mol. The number of hydrogen-bond acceptors (Lipinski definition) is 5. The van der Waals surface area contributed by atoms with Crippen LogP contribution in [0.1, 0.15) is 31.7 Å². The van der Waals surface area contributed by atoms with Crippen molar-refractivity contribution in [1.82, 2.24) is 10.6 Å². The normalized spacial score (nSPS) is 18.8. The third-order valence-corrected chi connectivity index (χ3v) is 5.95. The van der Waals surface area contributed by atoms with Gasteiger partial charge in [0.2, 0.25) is 5.91 Å². The van der Waals surface area contributed by atoms with Crippen LogP contribution in [0.15, 0.2) is 24.3 Å². The lowest BCUT2D eigenvalue weighted by Crippen LogP contribution is -2.47. The quantitative estimate of drug-likeness (QED) is 0.817. The van der Waals surface area contributed by atoms with Crippen LogP contribution in [-0.4, -0.2) is 51.5 Å². The molecule has 8 heteroatoms. The van der Waals surface area contributed by atoms with Crippen molar-refractivity contribution < 1.29 is 18.0 Å². The van der Waals surface area contributed by atoms with Gasteiger partial charge in [-0.25, -0.2) is 13.2 Å². The fourth-order valence-electron chi connectivity index (χ4n) is 2.72. The van der Waals surface area contributed by atoms with E-state index in [4.69, 9.17) is 0 Å². The van der Waals surface area contributed by atoms with E-state index < -0.39 is 27.8 Å². The summed E-state index contributed by atoms with van der Waals surface area (Å²) in [4.78, 5) is 25.6. The molecule has 2 N–H and O–H groups in total. The minimum atomic E-state index is -3.07. The monoisotopic (exact) mass is 367 g/mol. The molecule has 3 amide bonds. The van der Waals surface area contributed by atoms with Crippen LogP contribution < -0.4 is 15.5 Å². The van der Waals surface area contributed by atoms with Crippen LogP contribution in [0.4, 0.5) is 10.5 Å². The fourth-order valence-corrected chi connectivity index (χ4v) is 4.40. The number of anilines is 1. The van der Waals surface area contributed by atoms with Crippen molar-refractivity contribution in [3.63, 3.8) is 0 Å². The third kappa shape index (κ3) is 5.74. The fraction of sp³-hybridized carbons (Fsp3) is 0.529. The van der Waals surface area contributed by atoms with Gasteiger partial charge in [0.1, 0.15) is 0 Å². The second-order valence-electron chi connectivity index (χ2n) is 6.73. The van der Waals surface area contributed by atoms with Crippen LogP contribution in [0.3, 0.4) is 0 Å². The molecule has 7 nitrogen and oxygen atoms in total. The number of benzene rings is 1. The van der Waals surface area contributed by atoms with Crippen LogP contribution in [0.2, 0.25) is 0 Å². The van der Waals surface area contributed by atoms with E-state index in [2.05, 4.69) is 24.5 Å². The molecular weight excluding hydrogens is 342 g/mol. The summed E-state index contributed by atoms with van der Waals surface area (Å²) in [6.07, 6.45) is 0.381. The van der Waals surface area contributed by atoms with Crippen molar-refractivity contribution in [1.29, 1.82) is 0 Å². The molecule has 25 heavy (non-hydrogen) atoms. The predicted octanol–water partition coefficient (Wildman–Crippen LogP) is 1.26. The molecule has 138 valence electrons. The molecule has 0 aromatic heterocycles. The molecule has 0 unspecified atom stereocenters. The average molecular weight is 367 g/mol. The first-order valence-electron chi connectivity index (χ1n) is 8.28.